The monoisotopic (exact) mass is 490 g/mol. The van der Waals surface area contributed by atoms with E-state index in [2.05, 4.69) is 0 Å². The van der Waals surface area contributed by atoms with Crippen LogP contribution in [0.3, 0.4) is 0 Å². The topological polar surface area (TPSA) is 76.2 Å². The van der Waals surface area contributed by atoms with Crippen molar-refractivity contribution in [1.29, 1.82) is 0 Å². The van der Waals surface area contributed by atoms with Gasteiger partial charge in [-0.05, 0) is 48.9 Å². The molecule has 0 radical (unpaired) electrons. The first-order valence-electron chi connectivity index (χ1n) is 11.5. The van der Waals surface area contributed by atoms with Gasteiger partial charge < -0.3 is 19.3 Å². The average molecular weight is 491 g/mol. The zero-order valence-corrected chi connectivity index (χ0v) is 20.2. The molecule has 7 nitrogen and oxygen atoms in total. The van der Waals surface area contributed by atoms with Crippen LogP contribution < -0.4 is 0 Å². The maximum absolute atomic E-state index is 13.4. The molecule has 2 aromatic rings. The molecule has 2 heterocycles. The van der Waals surface area contributed by atoms with E-state index in [9.17, 15) is 18.8 Å². The van der Waals surface area contributed by atoms with Gasteiger partial charge in [-0.1, -0.05) is 18.2 Å². The second-order valence-corrected chi connectivity index (χ2v) is 9.20. The van der Waals surface area contributed by atoms with Crippen molar-refractivity contribution in [3.63, 3.8) is 0 Å². The normalized spacial score (nSPS) is 15.2. The zero-order chi connectivity index (χ0) is 24.3. The van der Waals surface area contributed by atoms with Crippen molar-refractivity contribution in [3.8, 4) is 0 Å². The van der Waals surface area contributed by atoms with E-state index in [1.807, 2.05) is 17.5 Å². The molecule has 1 fully saturated rings. The van der Waals surface area contributed by atoms with Crippen LogP contribution in [0.25, 0.3) is 0 Å². The summed E-state index contributed by atoms with van der Waals surface area (Å²) in [7, 11) is 0. The SMILES string of the molecule is CCOC(=O)CCC(=O)N(CC(=O)N(Cc1ccc(F)cc1)Cc1cccs1)CC1CCCO1. The fraction of sp³-hybridized carbons (Fsp3) is 0.480. The highest BCUT2D eigenvalue weighted by atomic mass is 32.1. The molecule has 1 aliphatic rings. The van der Waals surface area contributed by atoms with Crippen molar-refractivity contribution in [2.75, 3.05) is 26.3 Å². The molecule has 0 aliphatic carbocycles. The predicted molar refractivity (Wildman–Crippen MR) is 126 cm³/mol. The number of halogens is 1. The Bertz CT molecular complexity index is 929. The van der Waals surface area contributed by atoms with Gasteiger partial charge in [-0.25, -0.2) is 4.39 Å². The maximum Gasteiger partial charge on any atom is 0.306 e. The number of carbonyl (C=O) groups is 3. The van der Waals surface area contributed by atoms with Crippen molar-refractivity contribution in [3.05, 3.63) is 58.0 Å². The van der Waals surface area contributed by atoms with Crippen molar-refractivity contribution >= 4 is 29.1 Å². The van der Waals surface area contributed by atoms with Crippen LogP contribution in [0.4, 0.5) is 4.39 Å². The molecule has 0 bridgehead atoms. The third kappa shape index (κ3) is 8.22. The molecular formula is C25H31FN2O5S. The molecule has 1 atom stereocenters. The largest absolute Gasteiger partial charge is 0.466 e. The van der Waals surface area contributed by atoms with Gasteiger partial charge in [0.05, 0.1) is 32.2 Å². The number of hydrogen-bond donors (Lipinski definition) is 0. The van der Waals surface area contributed by atoms with Gasteiger partial charge in [0.1, 0.15) is 5.82 Å². The predicted octanol–water partition coefficient (Wildman–Crippen LogP) is 3.77. The van der Waals surface area contributed by atoms with E-state index in [0.717, 1.165) is 23.3 Å². The number of thiophene rings is 1. The fourth-order valence-corrected chi connectivity index (χ4v) is 4.50. The van der Waals surface area contributed by atoms with Crippen LogP contribution in [0, 0.1) is 5.82 Å². The van der Waals surface area contributed by atoms with Crippen molar-refractivity contribution < 1.29 is 28.2 Å². The number of rotatable bonds is 12. The second-order valence-electron chi connectivity index (χ2n) is 8.17. The zero-order valence-electron chi connectivity index (χ0n) is 19.4. The summed E-state index contributed by atoms with van der Waals surface area (Å²) in [5.74, 6) is -1.28. The summed E-state index contributed by atoms with van der Waals surface area (Å²) in [6.07, 6.45) is 1.56. The van der Waals surface area contributed by atoms with Crippen LogP contribution in [0.2, 0.25) is 0 Å². The van der Waals surface area contributed by atoms with Crippen molar-refractivity contribution in [2.24, 2.45) is 0 Å². The molecular weight excluding hydrogens is 459 g/mol. The summed E-state index contributed by atoms with van der Waals surface area (Å²) < 4.78 is 24.0. The summed E-state index contributed by atoms with van der Waals surface area (Å²) in [6.45, 7) is 3.47. The first-order chi connectivity index (χ1) is 16.4. The lowest BCUT2D eigenvalue weighted by Crippen LogP contribution is -2.45. The molecule has 0 N–H and O–H groups in total. The second kappa shape index (κ2) is 13.2. The molecule has 1 unspecified atom stereocenters. The number of hydrogen-bond acceptors (Lipinski definition) is 6. The number of amides is 2. The summed E-state index contributed by atoms with van der Waals surface area (Å²) >= 11 is 1.54. The molecule has 34 heavy (non-hydrogen) atoms. The van der Waals surface area contributed by atoms with Crippen molar-refractivity contribution in [1.82, 2.24) is 9.80 Å². The Hall–Kier alpha value is -2.78. The van der Waals surface area contributed by atoms with Gasteiger partial charge in [-0.3, -0.25) is 14.4 Å². The van der Waals surface area contributed by atoms with E-state index in [1.165, 1.54) is 17.0 Å². The summed E-state index contributed by atoms with van der Waals surface area (Å²) in [4.78, 5) is 42.3. The van der Waals surface area contributed by atoms with Gasteiger partial charge in [0.25, 0.3) is 0 Å². The lowest BCUT2D eigenvalue weighted by Gasteiger charge is -2.29. The fourth-order valence-electron chi connectivity index (χ4n) is 3.79. The molecule has 0 spiro atoms. The van der Waals surface area contributed by atoms with Gasteiger partial charge >= 0.3 is 5.97 Å². The first kappa shape index (κ1) is 25.8. The van der Waals surface area contributed by atoms with Crippen molar-refractivity contribution in [2.45, 2.75) is 51.8 Å². The van der Waals surface area contributed by atoms with Gasteiger partial charge in [0.2, 0.25) is 11.8 Å². The minimum Gasteiger partial charge on any atom is -0.466 e. The average Bonchev–Trinajstić information content (AvgIpc) is 3.52. The molecule has 1 saturated heterocycles. The Labute approximate surface area is 203 Å². The molecule has 1 aromatic carbocycles. The van der Waals surface area contributed by atoms with E-state index in [0.29, 0.717) is 26.2 Å². The Morgan fingerprint density at radius 2 is 1.88 bits per heavy atom. The third-order valence-electron chi connectivity index (χ3n) is 5.54. The van der Waals surface area contributed by atoms with E-state index in [1.54, 1.807) is 35.3 Å². The standard InChI is InChI=1S/C25H31FN2O5S/c1-2-32-25(31)12-11-23(29)28(16-21-5-3-13-33-21)18-24(30)27(17-22-6-4-14-34-22)15-19-7-9-20(26)10-8-19/h4,6-10,14,21H,2-3,5,11-13,15-18H2,1H3. The Balaban J connectivity index is 1.71. The minimum absolute atomic E-state index is 0.0261. The van der Waals surface area contributed by atoms with E-state index >= 15 is 0 Å². The smallest absolute Gasteiger partial charge is 0.306 e. The third-order valence-corrected chi connectivity index (χ3v) is 6.40. The van der Waals surface area contributed by atoms with Gasteiger partial charge in [0, 0.05) is 31.0 Å². The maximum atomic E-state index is 13.4. The van der Waals surface area contributed by atoms with Gasteiger partial charge in [-0.2, -0.15) is 0 Å². The minimum atomic E-state index is -0.435. The number of carbonyl (C=O) groups excluding carboxylic acids is 3. The molecule has 3 rings (SSSR count). The summed E-state index contributed by atoms with van der Waals surface area (Å²) in [5, 5.41) is 1.94. The molecule has 0 saturated carbocycles. The van der Waals surface area contributed by atoms with Gasteiger partial charge in [-0.15, -0.1) is 11.3 Å². The summed E-state index contributed by atoms with van der Waals surface area (Å²) in [5.41, 5.74) is 0.797. The Kier molecular flexibility index (Phi) is 10.0. The van der Waals surface area contributed by atoms with Crippen LogP contribution >= 0.6 is 11.3 Å². The molecule has 9 heteroatoms. The first-order valence-corrected chi connectivity index (χ1v) is 12.4. The lowest BCUT2D eigenvalue weighted by molar-refractivity contribution is -0.147. The number of ether oxygens (including phenoxy) is 2. The number of esters is 1. The Morgan fingerprint density at radius 1 is 1.09 bits per heavy atom. The van der Waals surface area contributed by atoms with E-state index in [-0.39, 0.29) is 49.7 Å². The van der Waals surface area contributed by atoms with E-state index in [4.69, 9.17) is 9.47 Å². The quantitative estimate of drug-likeness (QED) is 0.424. The van der Waals surface area contributed by atoms with Crippen LogP contribution in [-0.2, 0) is 36.9 Å². The number of benzene rings is 1. The van der Waals surface area contributed by atoms with Crippen LogP contribution in [0.15, 0.2) is 41.8 Å². The summed E-state index contributed by atoms with van der Waals surface area (Å²) in [6, 6.07) is 9.91. The molecule has 184 valence electrons. The highest BCUT2D eigenvalue weighted by Crippen LogP contribution is 2.18. The van der Waals surface area contributed by atoms with Gasteiger partial charge in [0.15, 0.2) is 0 Å². The molecule has 1 aromatic heterocycles. The lowest BCUT2D eigenvalue weighted by atomic mass is 10.2. The molecule has 2 amide bonds. The van der Waals surface area contributed by atoms with Crippen LogP contribution in [-0.4, -0.2) is 60.0 Å². The number of nitrogens with zero attached hydrogens (tertiary/aromatic N) is 2. The van der Waals surface area contributed by atoms with E-state index < -0.39 is 5.97 Å². The Morgan fingerprint density at radius 3 is 2.53 bits per heavy atom. The van der Waals surface area contributed by atoms with Crippen LogP contribution in [0.5, 0.6) is 0 Å². The van der Waals surface area contributed by atoms with Crippen LogP contribution in [0.1, 0.15) is 43.0 Å². The highest BCUT2D eigenvalue weighted by Gasteiger charge is 2.27. The molecule has 1 aliphatic heterocycles. The highest BCUT2D eigenvalue weighted by molar-refractivity contribution is 7.09.